The molecule has 6 nitrogen and oxygen atoms in total. The first-order chi connectivity index (χ1) is 7.09. The fourth-order valence-corrected chi connectivity index (χ4v) is 1.97. The first kappa shape index (κ1) is 9.53. The number of amides is 1. The first-order valence-corrected chi connectivity index (χ1v) is 4.80. The fourth-order valence-electron chi connectivity index (χ4n) is 1.21. The maximum atomic E-state index is 11.0. The van der Waals surface area contributed by atoms with E-state index in [4.69, 9.17) is 5.73 Å². The van der Waals surface area contributed by atoms with Crippen molar-refractivity contribution < 1.29 is 9.72 Å². The molecule has 0 bridgehead atoms. The Morgan fingerprint density at radius 1 is 1.60 bits per heavy atom. The summed E-state index contributed by atoms with van der Waals surface area (Å²) in [4.78, 5) is 24.7. The summed E-state index contributed by atoms with van der Waals surface area (Å²) in [5, 5.41) is 12.4. The van der Waals surface area contributed by atoms with E-state index in [9.17, 15) is 14.9 Å². The zero-order valence-corrected chi connectivity index (χ0v) is 8.15. The van der Waals surface area contributed by atoms with Gasteiger partial charge in [-0.2, -0.15) is 0 Å². The zero-order chi connectivity index (χ0) is 11.0. The van der Waals surface area contributed by atoms with Crippen molar-refractivity contribution in [1.29, 1.82) is 0 Å². The van der Waals surface area contributed by atoms with E-state index in [1.165, 1.54) is 17.4 Å². The second-order valence-corrected chi connectivity index (χ2v) is 3.73. The van der Waals surface area contributed by atoms with Gasteiger partial charge in [-0.15, -0.1) is 11.3 Å². The number of hydrogen-bond donors (Lipinski definition) is 1. The lowest BCUT2D eigenvalue weighted by molar-refractivity contribution is -0.389. The highest BCUT2D eigenvalue weighted by atomic mass is 32.1. The smallest absolute Gasteiger partial charge is 0.365 e. The summed E-state index contributed by atoms with van der Waals surface area (Å²) in [5.41, 5.74) is 5.37. The third-order valence-corrected chi connectivity index (χ3v) is 2.71. The van der Waals surface area contributed by atoms with E-state index in [0.717, 1.165) is 0 Å². The van der Waals surface area contributed by atoms with E-state index in [1.54, 1.807) is 11.4 Å². The van der Waals surface area contributed by atoms with Crippen LogP contribution in [-0.4, -0.2) is 15.8 Å². The van der Waals surface area contributed by atoms with Crippen molar-refractivity contribution in [2.75, 3.05) is 0 Å². The van der Waals surface area contributed by atoms with Crippen molar-refractivity contribution in [2.45, 2.75) is 0 Å². The monoisotopic (exact) mass is 223 g/mol. The van der Waals surface area contributed by atoms with Gasteiger partial charge in [-0.1, -0.05) is 0 Å². The van der Waals surface area contributed by atoms with Gasteiger partial charge in [0.15, 0.2) is 5.52 Å². The van der Waals surface area contributed by atoms with Crippen molar-refractivity contribution >= 4 is 33.3 Å². The summed E-state index contributed by atoms with van der Waals surface area (Å²) in [7, 11) is 0. The number of aromatic nitrogens is 1. The van der Waals surface area contributed by atoms with E-state index in [1.807, 2.05) is 0 Å². The highest BCUT2D eigenvalue weighted by molar-refractivity contribution is 7.17. The van der Waals surface area contributed by atoms with Crippen molar-refractivity contribution in [3.8, 4) is 0 Å². The molecule has 0 radical (unpaired) electrons. The minimum Gasteiger partial charge on any atom is -0.365 e. The van der Waals surface area contributed by atoms with E-state index >= 15 is 0 Å². The van der Waals surface area contributed by atoms with Crippen LogP contribution >= 0.6 is 11.3 Å². The second kappa shape index (κ2) is 3.28. The number of thiophene rings is 1. The Balaban J connectivity index is 2.79. The van der Waals surface area contributed by atoms with Crippen LogP contribution in [0.3, 0.4) is 0 Å². The van der Waals surface area contributed by atoms with Crippen molar-refractivity contribution in [3.63, 3.8) is 0 Å². The Morgan fingerprint density at radius 3 is 2.93 bits per heavy atom. The Kier molecular flexibility index (Phi) is 2.09. The maximum absolute atomic E-state index is 11.0. The highest BCUT2D eigenvalue weighted by Crippen LogP contribution is 2.25. The van der Waals surface area contributed by atoms with Gasteiger partial charge in [0.25, 0.3) is 5.91 Å². The van der Waals surface area contributed by atoms with Crippen molar-refractivity contribution in [3.05, 3.63) is 33.2 Å². The second-order valence-electron chi connectivity index (χ2n) is 2.78. The molecule has 0 aliphatic carbocycles. The molecule has 0 aromatic carbocycles. The zero-order valence-electron chi connectivity index (χ0n) is 7.34. The lowest BCUT2D eigenvalue weighted by atomic mass is 10.2. The molecule has 1 amide bonds. The summed E-state index contributed by atoms with van der Waals surface area (Å²) in [6, 6.07) is 3.05. The molecular formula is C8H5N3O3S. The third kappa shape index (κ3) is 1.52. The Bertz CT molecular complexity index is 515. The number of carbonyl (C=O) groups is 1. The van der Waals surface area contributed by atoms with Gasteiger partial charge < -0.3 is 15.8 Å². The number of fused-ring (bicyclic) bond motifs is 1. The molecule has 2 aromatic heterocycles. The summed E-state index contributed by atoms with van der Waals surface area (Å²) in [6.07, 6.45) is 0. The third-order valence-electron chi connectivity index (χ3n) is 1.85. The molecule has 2 aromatic rings. The van der Waals surface area contributed by atoms with Gasteiger partial charge in [0, 0.05) is 6.07 Å². The molecule has 2 rings (SSSR count). The molecule has 0 unspecified atom stereocenters. The van der Waals surface area contributed by atoms with Crippen LogP contribution in [-0.2, 0) is 0 Å². The van der Waals surface area contributed by atoms with Gasteiger partial charge in [0.05, 0.1) is 4.70 Å². The number of nitrogens with zero attached hydrogens (tertiary/aromatic N) is 2. The van der Waals surface area contributed by atoms with Crippen LogP contribution in [0, 0.1) is 10.1 Å². The van der Waals surface area contributed by atoms with E-state index in [-0.39, 0.29) is 5.56 Å². The number of pyridine rings is 1. The number of nitrogens with two attached hydrogens (primary N) is 1. The lowest BCUT2D eigenvalue weighted by Gasteiger charge is -1.97. The van der Waals surface area contributed by atoms with Gasteiger partial charge in [0.1, 0.15) is 5.56 Å². The molecule has 0 atom stereocenters. The molecule has 2 heterocycles. The van der Waals surface area contributed by atoms with Gasteiger partial charge in [0.2, 0.25) is 0 Å². The topological polar surface area (TPSA) is 99.1 Å². The summed E-state index contributed by atoms with van der Waals surface area (Å²) in [6.45, 7) is 0. The Morgan fingerprint density at radius 2 is 2.33 bits per heavy atom. The van der Waals surface area contributed by atoms with Gasteiger partial charge in [-0.25, -0.2) is 0 Å². The normalized spacial score (nSPS) is 10.4. The molecule has 7 heteroatoms. The minimum absolute atomic E-state index is 0.157. The van der Waals surface area contributed by atoms with Gasteiger partial charge in [-0.05, 0) is 21.4 Å². The Labute approximate surface area is 87.5 Å². The number of hydrogen-bond acceptors (Lipinski definition) is 5. The number of primary amides is 1. The molecule has 0 aliphatic rings. The molecule has 2 N–H and O–H groups in total. The fraction of sp³-hybridized carbons (Fsp3) is 0. The van der Waals surface area contributed by atoms with Crippen LogP contribution in [0.1, 0.15) is 10.4 Å². The number of nitro groups is 1. The summed E-state index contributed by atoms with van der Waals surface area (Å²) >= 11 is 1.35. The maximum Gasteiger partial charge on any atom is 0.377 e. The SMILES string of the molecule is NC(=O)c1cc2sccc2nc1[N+](=O)[O-]. The van der Waals surface area contributed by atoms with Crippen LogP contribution < -0.4 is 5.73 Å². The first-order valence-electron chi connectivity index (χ1n) is 3.92. The van der Waals surface area contributed by atoms with Crippen LogP contribution in [0.15, 0.2) is 17.5 Å². The Hall–Kier alpha value is -2.02. The van der Waals surface area contributed by atoms with E-state index in [0.29, 0.717) is 10.2 Å². The average molecular weight is 223 g/mol. The minimum atomic E-state index is -0.843. The molecule has 15 heavy (non-hydrogen) atoms. The summed E-state index contributed by atoms with van der Waals surface area (Å²) < 4.78 is 0.703. The predicted octanol–water partition coefficient (Wildman–Crippen LogP) is 1.30. The largest absolute Gasteiger partial charge is 0.377 e. The highest BCUT2D eigenvalue weighted by Gasteiger charge is 2.21. The quantitative estimate of drug-likeness (QED) is 0.612. The molecule has 0 fully saturated rings. The molecule has 0 spiro atoms. The van der Waals surface area contributed by atoms with Crippen LogP contribution in [0.2, 0.25) is 0 Å². The van der Waals surface area contributed by atoms with Gasteiger partial charge >= 0.3 is 5.82 Å². The van der Waals surface area contributed by atoms with Crippen molar-refractivity contribution in [2.24, 2.45) is 5.73 Å². The van der Waals surface area contributed by atoms with Crippen LogP contribution in [0.5, 0.6) is 0 Å². The standard InChI is InChI=1S/C8H5N3O3S/c9-7(12)4-3-6-5(1-2-15-6)10-8(4)11(13)14/h1-3H,(H2,9,12). The average Bonchev–Trinajstić information content (AvgIpc) is 2.61. The molecule has 0 saturated heterocycles. The molecule has 0 aliphatic heterocycles. The molecule has 0 saturated carbocycles. The summed E-state index contributed by atoms with van der Waals surface area (Å²) in [5.74, 6) is -1.34. The lowest BCUT2D eigenvalue weighted by Crippen LogP contribution is -2.14. The van der Waals surface area contributed by atoms with Crippen molar-refractivity contribution in [1.82, 2.24) is 4.98 Å². The van der Waals surface area contributed by atoms with Crippen LogP contribution in [0.4, 0.5) is 5.82 Å². The molecule has 76 valence electrons. The van der Waals surface area contributed by atoms with Gasteiger partial charge in [-0.3, -0.25) is 4.79 Å². The predicted molar refractivity (Wildman–Crippen MR) is 54.8 cm³/mol. The van der Waals surface area contributed by atoms with Crippen LogP contribution in [0.25, 0.3) is 10.2 Å². The number of carbonyl (C=O) groups excluding carboxylic acids is 1. The number of rotatable bonds is 2. The molecular weight excluding hydrogens is 218 g/mol. The van der Waals surface area contributed by atoms with E-state index in [2.05, 4.69) is 4.98 Å². The van der Waals surface area contributed by atoms with E-state index < -0.39 is 16.6 Å².